The van der Waals surface area contributed by atoms with Gasteiger partial charge in [0.25, 0.3) is 0 Å². The summed E-state index contributed by atoms with van der Waals surface area (Å²) in [7, 11) is 0. The number of nitrogens with zero attached hydrogens (tertiary/aromatic N) is 1. The first-order chi connectivity index (χ1) is 7.17. The van der Waals surface area contributed by atoms with E-state index in [1.54, 1.807) is 11.3 Å². The first-order valence-corrected chi connectivity index (χ1v) is 6.34. The summed E-state index contributed by atoms with van der Waals surface area (Å²) in [4.78, 5) is 4.45. The lowest BCUT2D eigenvalue weighted by Crippen LogP contribution is -2.32. The first-order valence-electron chi connectivity index (χ1n) is 5.46. The Morgan fingerprint density at radius 3 is 2.80 bits per heavy atom. The van der Waals surface area contributed by atoms with Gasteiger partial charge in [0.2, 0.25) is 0 Å². The van der Waals surface area contributed by atoms with Crippen LogP contribution in [0.15, 0.2) is 5.38 Å². The Hall–Kier alpha value is -0.450. The van der Waals surface area contributed by atoms with Crippen molar-refractivity contribution in [1.29, 1.82) is 0 Å². The van der Waals surface area contributed by atoms with E-state index in [4.69, 9.17) is 5.11 Å². The highest BCUT2D eigenvalue weighted by molar-refractivity contribution is 7.09. The van der Waals surface area contributed by atoms with E-state index in [1.165, 1.54) is 0 Å². The molecule has 2 atom stereocenters. The number of aliphatic hydroxyl groups excluding tert-OH is 1. The predicted molar refractivity (Wildman–Crippen MR) is 64.2 cm³/mol. The smallest absolute Gasteiger partial charge is 0.0898 e. The van der Waals surface area contributed by atoms with Crippen molar-refractivity contribution in [3.63, 3.8) is 0 Å². The van der Waals surface area contributed by atoms with Gasteiger partial charge in [0.05, 0.1) is 10.7 Å². The van der Waals surface area contributed by atoms with Crippen molar-refractivity contribution < 1.29 is 5.11 Å². The van der Waals surface area contributed by atoms with Gasteiger partial charge in [0, 0.05) is 24.1 Å². The SMILES string of the molecule is CCC(CCO)NC(C)c1csc(C)n1. The van der Waals surface area contributed by atoms with Crippen LogP contribution in [0.3, 0.4) is 0 Å². The monoisotopic (exact) mass is 228 g/mol. The summed E-state index contributed by atoms with van der Waals surface area (Å²) in [5.41, 5.74) is 1.11. The third kappa shape index (κ3) is 3.89. The van der Waals surface area contributed by atoms with Crippen LogP contribution >= 0.6 is 11.3 Å². The third-order valence-electron chi connectivity index (χ3n) is 2.54. The largest absolute Gasteiger partial charge is 0.396 e. The molecule has 0 aliphatic heterocycles. The Morgan fingerprint density at radius 1 is 1.60 bits per heavy atom. The molecule has 3 nitrogen and oxygen atoms in total. The summed E-state index contributed by atoms with van der Waals surface area (Å²) in [6.07, 6.45) is 1.85. The Balaban J connectivity index is 2.50. The van der Waals surface area contributed by atoms with Crippen LogP contribution in [0.1, 0.15) is 43.4 Å². The van der Waals surface area contributed by atoms with Gasteiger partial charge in [-0.1, -0.05) is 6.92 Å². The maximum absolute atomic E-state index is 8.90. The second-order valence-electron chi connectivity index (χ2n) is 3.80. The van der Waals surface area contributed by atoms with Crippen molar-refractivity contribution >= 4 is 11.3 Å². The molecule has 1 heterocycles. The van der Waals surface area contributed by atoms with Crippen LogP contribution in [-0.4, -0.2) is 22.7 Å². The molecule has 0 radical (unpaired) electrons. The van der Waals surface area contributed by atoms with Crippen LogP contribution in [0, 0.1) is 6.92 Å². The molecule has 15 heavy (non-hydrogen) atoms. The van der Waals surface area contributed by atoms with Crippen LogP contribution in [0.4, 0.5) is 0 Å². The van der Waals surface area contributed by atoms with Crippen molar-refractivity contribution in [2.24, 2.45) is 0 Å². The lowest BCUT2D eigenvalue weighted by molar-refractivity contribution is 0.256. The minimum atomic E-state index is 0.244. The fourth-order valence-corrected chi connectivity index (χ4v) is 2.29. The summed E-state index contributed by atoms with van der Waals surface area (Å²) in [6.45, 7) is 6.51. The highest BCUT2D eigenvalue weighted by Gasteiger charge is 2.13. The second kappa shape index (κ2) is 6.20. The van der Waals surface area contributed by atoms with Gasteiger partial charge >= 0.3 is 0 Å². The molecule has 0 saturated heterocycles. The van der Waals surface area contributed by atoms with Crippen molar-refractivity contribution in [2.75, 3.05) is 6.61 Å². The van der Waals surface area contributed by atoms with E-state index in [0.717, 1.165) is 23.5 Å². The molecule has 0 bridgehead atoms. The molecular formula is C11H20N2OS. The molecular weight excluding hydrogens is 208 g/mol. The Bertz CT molecular complexity index is 288. The topological polar surface area (TPSA) is 45.1 Å². The van der Waals surface area contributed by atoms with Gasteiger partial charge < -0.3 is 10.4 Å². The van der Waals surface area contributed by atoms with E-state index in [-0.39, 0.29) is 12.6 Å². The number of hydrogen-bond donors (Lipinski definition) is 2. The van der Waals surface area contributed by atoms with E-state index in [9.17, 15) is 0 Å². The summed E-state index contributed by atoms with van der Waals surface area (Å²) in [5.74, 6) is 0. The fraction of sp³-hybridized carbons (Fsp3) is 0.727. The summed E-state index contributed by atoms with van der Waals surface area (Å²) >= 11 is 1.68. The molecule has 1 rings (SSSR count). The number of aliphatic hydroxyl groups is 1. The molecule has 0 aromatic carbocycles. The van der Waals surface area contributed by atoms with Crippen LogP contribution in [0.2, 0.25) is 0 Å². The third-order valence-corrected chi connectivity index (χ3v) is 3.33. The highest BCUT2D eigenvalue weighted by Crippen LogP contribution is 2.17. The van der Waals surface area contributed by atoms with Gasteiger partial charge in [-0.25, -0.2) is 4.98 Å². The van der Waals surface area contributed by atoms with Crippen molar-refractivity contribution in [3.8, 4) is 0 Å². The fourth-order valence-electron chi connectivity index (χ4n) is 1.58. The molecule has 0 saturated carbocycles. The zero-order valence-electron chi connectivity index (χ0n) is 9.66. The minimum Gasteiger partial charge on any atom is -0.396 e. The molecule has 0 aliphatic rings. The summed E-state index contributed by atoms with van der Waals surface area (Å²) < 4.78 is 0. The number of nitrogens with one attached hydrogen (secondary N) is 1. The number of rotatable bonds is 6. The standard InChI is InChI=1S/C11H20N2OS/c1-4-10(5-6-14)12-8(2)11-7-15-9(3)13-11/h7-8,10,12,14H,4-6H2,1-3H3. The summed E-state index contributed by atoms with van der Waals surface area (Å²) in [6, 6.07) is 0.651. The van der Waals surface area contributed by atoms with Crippen molar-refractivity contribution in [3.05, 3.63) is 16.1 Å². The zero-order chi connectivity index (χ0) is 11.3. The number of aromatic nitrogens is 1. The molecule has 1 aromatic heterocycles. The van der Waals surface area contributed by atoms with E-state index in [1.807, 2.05) is 6.92 Å². The van der Waals surface area contributed by atoms with Gasteiger partial charge in [0.15, 0.2) is 0 Å². The normalized spacial score (nSPS) is 15.2. The maximum atomic E-state index is 8.90. The maximum Gasteiger partial charge on any atom is 0.0898 e. The Morgan fingerprint density at radius 2 is 2.33 bits per heavy atom. The van der Waals surface area contributed by atoms with Gasteiger partial charge in [-0.2, -0.15) is 0 Å². The minimum absolute atomic E-state index is 0.244. The van der Waals surface area contributed by atoms with Crippen LogP contribution in [0.5, 0.6) is 0 Å². The van der Waals surface area contributed by atoms with E-state index in [2.05, 4.69) is 29.5 Å². The molecule has 86 valence electrons. The molecule has 0 amide bonds. The molecule has 0 fully saturated rings. The van der Waals surface area contributed by atoms with Crippen LogP contribution < -0.4 is 5.32 Å². The first kappa shape index (κ1) is 12.6. The highest BCUT2D eigenvalue weighted by atomic mass is 32.1. The number of aryl methyl sites for hydroxylation is 1. The van der Waals surface area contributed by atoms with Gasteiger partial charge in [-0.15, -0.1) is 11.3 Å². The van der Waals surface area contributed by atoms with Crippen LogP contribution in [-0.2, 0) is 0 Å². The van der Waals surface area contributed by atoms with Gasteiger partial charge in [-0.3, -0.25) is 0 Å². The molecule has 4 heteroatoms. The van der Waals surface area contributed by atoms with Crippen LogP contribution in [0.25, 0.3) is 0 Å². The Kier molecular flexibility index (Phi) is 5.22. The van der Waals surface area contributed by atoms with E-state index < -0.39 is 0 Å². The van der Waals surface area contributed by atoms with Crippen molar-refractivity contribution in [2.45, 2.75) is 45.7 Å². The van der Waals surface area contributed by atoms with Crippen molar-refractivity contribution in [1.82, 2.24) is 10.3 Å². The van der Waals surface area contributed by atoms with E-state index >= 15 is 0 Å². The average molecular weight is 228 g/mol. The van der Waals surface area contributed by atoms with Gasteiger partial charge in [-0.05, 0) is 26.7 Å². The van der Waals surface area contributed by atoms with E-state index in [0.29, 0.717) is 6.04 Å². The van der Waals surface area contributed by atoms with Gasteiger partial charge in [0.1, 0.15) is 0 Å². The average Bonchev–Trinajstić information content (AvgIpc) is 2.64. The molecule has 0 aliphatic carbocycles. The Labute approximate surface area is 95.6 Å². The number of hydrogen-bond acceptors (Lipinski definition) is 4. The summed E-state index contributed by atoms with van der Waals surface area (Å²) in [5, 5.41) is 15.6. The molecule has 2 N–H and O–H groups in total. The second-order valence-corrected chi connectivity index (χ2v) is 4.86. The predicted octanol–water partition coefficient (Wildman–Crippen LogP) is 2.26. The number of thiazole rings is 1. The lowest BCUT2D eigenvalue weighted by atomic mass is 10.1. The quantitative estimate of drug-likeness (QED) is 0.785. The zero-order valence-corrected chi connectivity index (χ0v) is 10.5. The lowest BCUT2D eigenvalue weighted by Gasteiger charge is -2.20. The molecule has 1 aromatic rings. The molecule has 0 spiro atoms. The molecule has 2 unspecified atom stereocenters.